The number of hydrogen-bond acceptors (Lipinski definition) is 1. The summed E-state index contributed by atoms with van der Waals surface area (Å²) in [7, 11) is 0. The number of nitrogens with zero attached hydrogens (tertiary/aromatic N) is 1. The molecule has 1 aliphatic rings. The van der Waals surface area contributed by atoms with Gasteiger partial charge in [0, 0.05) is 17.6 Å². The lowest BCUT2D eigenvalue weighted by atomic mass is 10.1. The van der Waals surface area contributed by atoms with Crippen molar-refractivity contribution >= 4 is 45.0 Å². The van der Waals surface area contributed by atoms with Gasteiger partial charge in [-0.2, -0.15) is 0 Å². The molecule has 2 nitrogen and oxygen atoms in total. The summed E-state index contributed by atoms with van der Waals surface area (Å²) in [6.07, 6.45) is 1.92. The number of amides is 1. The Balaban J connectivity index is 2.22. The summed E-state index contributed by atoms with van der Waals surface area (Å²) in [5.74, 6) is -0.0401. The van der Waals surface area contributed by atoms with Crippen LogP contribution in [0.3, 0.4) is 0 Å². The molecule has 0 spiro atoms. The Morgan fingerprint density at radius 2 is 2.24 bits per heavy atom. The lowest BCUT2D eigenvalue weighted by Gasteiger charge is -2.30. The first-order chi connectivity index (χ1) is 8.09. The molecule has 0 aromatic heterocycles. The second-order valence-corrected chi connectivity index (χ2v) is 5.94. The fourth-order valence-corrected chi connectivity index (χ4v) is 2.84. The molecule has 1 aliphatic heterocycles. The van der Waals surface area contributed by atoms with Crippen LogP contribution in [0.25, 0.3) is 0 Å². The summed E-state index contributed by atoms with van der Waals surface area (Å²) in [4.78, 5) is 14.1. The van der Waals surface area contributed by atoms with Gasteiger partial charge in [0.05, 0.1) is 16.0 Å². The van der Waals surface area contributed by atoms with Crippen molar-refractivity contribution in [1.82, 2.24) is 4.90 Å². The second kappa shape index (κ2) is 5.59. The van der Waals surface area contributed by atoms with Crippen LogP contribution in [0, 0.1) is 0 Å². The Morgan fingerprint density at radius 3 is 2.94 bits per heavy atom. The van der Waals surface area contributed by atoms with Crippen LogP contribution in [0.2, 0.25) is 5.02 Å². The molecule has 1 fully saturated rings. The fourth-order valence-electron chi connectivity index (χ4n) is 1.95. The Bertz CT molecular complexity index is 439. The third kappa shape index (κ3) is 2.95. The summed E-state index contributed by atoms with van der Waals surface area (Å²) < 4.78 is 0.740. The highest BCUT2D eigenvalue weighted by Gasteiger charge is 2.24. The van der Waals surface area contributed by atoms with Gasteiger partial charge in [-0.25, -0.2) is 0 Å². The van der Waals surface area contributed by atoms with Gasteiger partial charge in [-0.05, 0) is 40.9 Å². The molecule has 0 radical (unpaired) electrons. The maximum absolute atomic E-state index is 12.3. The van der Waals surface area contributed by atoms with Gasteiger partial charge >= 0.3 is 0 Å². The molecule has 1 saturated heterocycles. The number of piperidine rings is 1. The lowest BCUT2D eigenvalue weighted by Crippen LogP contribution is -2.40. The Morgan fingerprint density at radius 1 is 1.47 bits per heavy atom. The van der Waals surface area contributed by atoms with Crippen LogP contribution >= 0.6 is 39.1 Å². The number of likely N-dealkylation sites (tertiary alicyclic amines) is 1. The molecule has 0 saturated carbocycles. The number of carbonyl (C=O) groups is 1. The minimum atomic E-state index is -0.0401. The van der Waals surface area contributed by atoms with E-state index in [1.165, 1.54) is 0 Å². The van der Waals surface area contributed by atoms with E-state index in [1.54, 1.807) is 11.0 Å². The number of rotatable bonds is 1. The van der Waals surface area contributed by atoms with Gasteiger partial charge in [-0.1, -0.05) is 17.7 Å². The summed E-state index contributed by atoms with van der Waals surface area (Å²) in [5.41, 5.74) is 0.534. The van der Waals surface area contributed by atoms with Crippen molar-refractivity contribution < 1.29 is 4.79 Å². The van der Waals surface area contributed by atoms with E-state index in [9.17, 15) is 4.79 Å². The minimum absolute atomic E-state index is 0.0401. The predicted octanol–water partition coefficient (Wildman–Crippen LogP) is 3.95. The van der Waals surface area contributed by atoms with Gasteiger partial charge in [0.2, 0.25) is 0 Å². The van der Waals surface area contributed by atoms with E-state index < -0.39 is 0 Å². The van der Waals surface area contributed by atoms with E-state index in [1.807, 2.05) is 12.1 Å². The molecule has 1 unspecified atom stereocenters. The normalized spacial score (nSPS) is 20.4. The first-order valence-corrected chi connectivity index (χ1v) is 7.07. The van der Waals surface area contributed by atoms with Gasteiger partial charge < -0.3 is 4.90 Å². The van der Waals surface area contributed by atoms with E-state index in [-0.39, 0.29) is 11.3 Å². The Labute approximate surface area is 119 Å². The molecule has 1 atom stereocenters. The molecule has 17 heavy (non-hydrogen) atoms. The standard InChI is InChI=1S/C12H12BrCl2NO/c13-10-5-1-4-9(11(10)15)12(17)16-6-2-3-8(14)7-16/h1,4-5,8H,2-3,6-7H2. The number of hydrogen-bond donors (Lipinski definition) is 0. The SMILES string of the molecule is O=C(c1cccc(Br)c1Cl)N1CCCC(Cl)C1. The third-order valence-electron chi connectivity index (χ3n) is 2.83. The lowest BCUT2D eigenvalue weighted by molar-refractivity contribution is 0.0727. The Hall–Kier alpha value is -0.250. The Kier molecular flexibility index (Phi) is 4.34. The maximum Gasteiger partial charge on any atom is 0.255 e. The highest BCUT2D eigenvalue weighted by Crippen LogP contribution is 2.28. The summed E-state index contributed by atoms with van der Waals surface area (Å²) in [6, 6.07) is 5.37. The average molecular weight is 337 g/mol. The van der Waals surface area contributed by atoms with E-state index in [4.69, 9.17) is 23.2 Å². The zero-order valence-corrected chi connectivity index (χ0v) is 12.2. The topological polar surface area (TPSA) is 20.3 Å². The molecule has 5 heteroatoms. The highest BCUT2D eigenvalue weighted by molar-refractivity contribution is 9.10. The van der Waals surface area contributed by atoms with Crippen LogP contribution in [-0.2, 0) is 0 Å². The van der Waals surface area contributed by atoms with Crippen molar-refractivity contribution in [3.8, 4) is 0 Å². The fraction of sp³-hybridized carbons (Fsp3) is 0.417. The van der Waals surface area contributed by atoms with E-state index >= 15 is 0 Å². The molecule has 0 bridgehead atoms. The molecule has 92 valence electrons. The van der Waals surface area contributed by atoms with Crippen LogP contribution in [0.5, 0.6) is 0 Å². The highest BCUT2D eigenvalue weighted by atomic mass is 79.9. The minimum Gasteiger partial charge on any atom is -0.337 e. The van der Waals surface area contributed by atoms with Gasteiger partial charge in [-0.3, -0.25) is 4.79 Å². The molecule has 0 N–H and O–H groups in total. The van der Waals surface area contributed by atoms with Gasteiger partial charge in [0.15, 0.2) is 0 Å². The number of alkyl halides is 1. The van der Waals surface area contributed by atoms with Crippen LogP contribution < -0.4 is 0 Å². The van der Waals surface area contributed by atoms with E-state index in [0.717, 1.165) is 23.9 Å². The summed E-state index contributed by atoms with van der Waals surface area (Å²) >= 11 is 15.5. The molecule has 1 heterocycles. The molecule has 1 aromatic carbocycles. The van der Waals surface area contributed by atoms with Crippen LogP contribution in [0.1, 0.15) is 23.2 Å². The zero-order valence-electron chi connectivity index (χ0n) is 9.13. The molecular weight excluding hydrogens is 325 g/mol. The summed E-state index contributed by atoms with van der Waals surface area (Å²) in [6.45, 7) is 1.36. The summed E-state index contributed by atoms with van der Waals surface area (Å²) in [5, 5.41) is 0.521. The molecule has 0 aliphatic carbocycles. The van der Waals surface area contributed by atoms with E-state index in [0.29, 0.717) is 17.1 Å². The quantitative estimate of drug-likeness (QED) is 0.711. The first kappa shape index (κ1) is 13.2. The molecular formula is C12H12BrCl2NO. The van der Waals surface area contributed by atoms with Crippen LogP contribution in [0.15, 0.2) is 22.7 Å². The van der Waals surface area contributed by atoms with Crippen molar-refractivity contribution in [2.24, 2.45) is 0 Å². The zero-order chi connectivity index (χ0) is 12.4. The number of benzene rings is 1. The predicted molar refractivity (Wildman–Crippen MR) is 73.9 cm³/mol. The molecule has 1 amide bonds. The molecule has 2 rings (SSSR count). The molecule has 1 aromatic rings. The number of halogens is 3. The van der Waals surface area contributed by atoms with Gasteiger partial charge in [0.25, 0.3) is 5.91 Å². The van der Waals surface area contributed by atoms with Crippen molar-refractivity contribution in [1.29, 1.82) is 0 Å². The average Bonchev–Trinajstić information content (AvgIpc) is 2.32. The van der Waals surface area contributed by atoms with Crippen molar-refractivity contribution in [2.45, 2.75) is 18.2 Å². The van der Waals surface area contributed by atoms with Gasteiger partial charge in [0.1, 0.15) is 0 Å². The van der Waals surface area contributed by atoms with Crippen molar-refractivity contribution in [2.75, 3.05) is 13.1 Å². The van der Waals surface area contributed by atoms with Gasteiger partial charge in [-0.15, -0.1) is 11.6 Å². The largest absolute Gasteiger partial charge is 0.337 e. The monoisotopic (exact) mass is 335 g/mol. The smallest absolute Gasteiger partial charge is 0.255 e. The van der Waals surface area contributed by atoms with Crippen molar-refractivity contribution in [3.05, 3.63) is 33.3 Å². The second-order valence-electron chi connectivity index (χ2n) is 4.09. The van der Waals surface area contributed by atoms with E-state index in [2.05, 4.69) is 15.9 Å². The van der Waals surface area contributed by atoms with Crippen molar-refractivity contribution in [3.63, 3.8) is 0 Å². The third-order valence-corrected chi connectivity index (χ3v) is 4.49. The van der Waals surface area contributed by atoms with Crippen LogP contribution in [-0.4, -0.2) is 29.3 Å². The maximum atomic E-state index is 12.3. The first-order valence-electron chi connectivity index (χ1n) is 5.47. The van der Waals surface area contributed by atoms with Crippen LogP contribution in [0.4, 0.5) is 0 Å². The number of carbonyl (C=O) groups excluding carboxylic acids is 1.